The van der Waals surface area contributed by atoms with E-state index in [9.17, 15) is 4.79 Å². The van der Waals surface area contributed by atoms with Crippen molar-refractivity contribution < 1.29 is 19.0 Å². The first kappa shape index (κ1) is 17.3. The van der Waals surface area contributed by atoms with Gasteiger partial charge in [-0.2, -0.15) is 0 Å². The zero-order chi connectivity index (χ0) is 17.5. The number of amides is 1. The summed E-state index contributed by atoms with van der Waals surface area (Å²) in [6.45, 7) is 3.82. The predicted octanol–water partition coefficient (Wildman–Crippen LogP) is 3.90. The van der Waals surface area contributed by atoms with Crippen molar-refractivity contribution in [1.29, 1.82) is 0 Å². The zero-order valence-electron chi connectivity index (χ0n) is 14.4. The van der Waals surface area contributed by atoms with Gasteiger partial charge >= 0.3 is 0 Å². The maximum atomic E-state index is 12.4. The molecule has 1 atom stereocenters. The summed E-state index contributed by atoms with van der Waals surface area (Å²) in [5.74, 6) is 1.22. The zero-order valence-corrected chi connectivity index (χ0v) is 14.4. The molecular formula is C20H23NO4. The lowest BCUT2D eigenvalue weighted by Crippen LogP contribution is -2.16. The number of para-hydroxylation sites is 2. The number of hydrogen-bond donors (Lipinski definition) is 1. The lowest BCUT2D eigenvalue weighted by atomic mass is 10.2. The third-order valence-electron chi connectivity index (χ3n) is 4.01. The van der Waals surface area contributed by atoms with Crippen LogP contribution in [-0.2, 0) is 4.74 Å². The molecule has 1 amide bonds. The van der Waals surface area contributed by atoms with Gasteiger partial charge in [0.05, 0.1) is 18.4 Å². The molecular weight excluding hydrogens is 318 g/mol. The van der Waals surface area contributed by atoms with E-state index < -0.39 is 0 Å². The smallest absolute Gasteiger partial charge is 0.255 e. The summed E-state index contributed by atoms with van der Waals surface area (Å²) >= 11 is 0. The molecule has 5 nitrogen and oxygen atoms in total. The molecule has 2 aromatic carbocycles. The summed E-state index contributed by atoms with van der Waals surface area (Å²) < 4.78 is 16.8. The molecule has 1 aliphatic heterocycles. The largest absolute Gasteiger partial charge is 0.492 e. The molecule has 1 saturated heterocycles. The molecule has 2 aromatic rings. The van der Waals surface area contributed by atoms with Crippen LogP contribution in [0.2, 0.25) is 0 Å². The van der Waals surface area contributed by atoms with Gasteiger partial charge in [-0.25, -0.2) is 0 Å². The minimum absolute atomic E-state index is 0.179. The Hall–Kier alpha value is -2.53. The summed E-state index contributed by atoms with van der Waals surface area (Å²) in [6.07, 6.45) is 2.31. The van der Waals surface area contributed by atoms with Crippen molar-refractivity contribution in [2.24, 2.45) is 0 Å². The van der Waals surface area contributed by atoms with Gasteiger partial charge in [-0.1, -0.05) is 12.1 Å². The van der Waals surface area contributed by atoms with Crippen molar-refractivity contribution in [3.63, 3.8) is 0 Å². The second-order valence-corrected chi connectivity index (χ2v) is 5.85. The Kier molecular flexibility index (Phi) is 5.90. The molecule has 5 heteroatoms. The van der Waals surface area contributed by atoms with Gasteiger partial charge in [-0.3, -0.25) is 4.79 Å². The van der Waals surface area contributed by atoms with E-state index in [-0.39, 0.29) is 12.0 Å². The minimum Gasteiger partial charge on any atom is -0.492 e. The average molecular weight is 341 g/mol. The van der Waals surface area contributed by atoms with Crippen LogP contribution in [0.15, 0.2) is 48.5 Å². The normalized spacial score (nSPS) is 16.4. The Balaban J connectivity index is 1.59. The van der Waals surface area contributed by atoms with Crippen LogP contribution in [0.3, 0.4) is 0 Å². The number of carbonyl (C=O) groups is 1. The van der Waals surface area contributed by atoms with Crippen LogP contribution in [-0.4, -0.2) is 31.8 Å². The van der Waals surface area contributed by atoms with Crippen molar-refractivity contribution in [2.75, 3.05) is 25.1 Å². The molecule has 0 aromatic heterocycles. The summed E-state index contributed by atoms with van der Waals surface area (Å²) in [5.41, 5.74) is 1.23. The number of benzene rings is 2. The lowest BCUT2D eigenvalue weighted by Gasteiger charge is -2.13. The quantitative estimate of drug-likeness (QED) is 0.830. The molecule has 0 saturated carbocycles. The van der Waals surface area contributed by atoms with E-state index in [0.717, 1.165) is 25.2 Å². The Morgan fingerprint density at radius 3 is 2.68 bits per heavy atom. The fourth-order valence-corrected chi connectivity index (χ4v) is 2.71. The first-order chi connectivity index (χ1) is 12.3. The van der Waals surface area contributed by atoms with Gasteiger partial charge in [-0.15, -0.1) is 0 Å². The van der Waals surface area contributed by atoms with Crippen molar-refractivity contribution >= 4 is 11.6 Å². The van der Waals surface area contributed by atoms with Gasteiger partial charge in [0.25, 0.3) is 5.91 Å². The van der Waals surface area contributed by atoms with Crippen LogP contribution < -0.4 is 14.8 Å². The maximum Gasteiger partial charge on any atom is 0.255 e. The Bertz CT molecular complexity index is 693. The summed E-state index contributed by atoms with van der Waals surface area (Å²) in [4.78, 5) is 12.4. The molecule has 0 spiro atoms. The fraction of sp³-hybridized carbons (Fsp3) is 0.350. The minimum atomic E-state index is -0.183. The third kappa shape index (κ3) is 4.73. The average Bonchev–Trinajstić information content (AvgIpc) is 3.16. The number of carbonyl (C=O) groups excluding carboxylic acids is 1. The van der Waals surface area contributed by atoms with Crippen molar-refractivity contribution in [1.82, 2.24) is 0 Å². The van der Waals surface area contributed by atoms with Gasteiger partial charge in [-0.05, 0) is 56.2 Å². The first-order valence-corrected chi connectivity index (χ1v) is 8.64. The molecule has 25 heavy (non-hydrogen) atoms. The number of ether oxygens (including phenoxy) is 3. The molecule has 0 radical (unpaired) electrons. The van der Waals surface area contributed by atoms with Crippen LogP contribution in [0.5, 0.6) is 11.5 Å². The van der Waals surface area contributed by atoms with E-state index in [1.54, 1.807) is 24.3 Å². The van der Waals surface area contributed by atoms with Crippen molar-refractivity contribution in [3.05, 3.63) is 54.1 Å². The SMILES string of the molecule is CCOc1ccccc1NC(=O)c1ccc(OC[C@@H]2CCCO2)cc1. The van der Waals surface area contributed by atoms with Gasteiger partial charge in [0.1, 0.15) is 18.1 Å². The third-order valence-corrected chi connectivity index (χ3v) is 4.01. The van der Waals surface area contributed by atoms with Gasteiger partial charge < -0.3 is 19.5 Å². The van der Waals surface area contributed by atoms with E-state index in [2.05, 4.69) is 5.32 Å². The summed E-state index contributed by atoms with van der Waals surface area (Å²) in [6, 6.07) is 14.5. The van der Waals surface area contributed by atoms with E-state index >= 15 is 0 Å². The maximum absolute atomic E-state index is 12.4. The lowest BCUT2D eigenvalue weighted by molar-refractivity contribution is 0.0679. The van der Waals surface area contributed by atoms with Gasteiger partial charge in [0.15, 0.2) is 0 Å². The molecule has 0 unspecified atom stereocenters. The molecule has 0 bridgehead atoms. The first-order valence-electron chi connectivity index (χ1n) is 8.64. The molecule has 1 heterocycles. The predicted molar refractivity (Wildman–Crippen MR) is 96.5 cm³/mol. The standard InChI is InChI=1S/C20H23NO4/c1-2-23-19-8-4-3-7-18(19)21-20(22)15-9-11-16(12-10-15)25-14-17-6-5-13-24-17/h3-4,7-12,17H,2,5-6,13-14H2,1H3,(H,21,22)/t17-/m0/s1. The monoisotopic (exact) mass is 341 g/mol. The van der Waals surface area contributed by atoms with Crippen LogP contribution >= 0.6 is 0 Å². The van der Waals surface area contributed by atoms with Crippen LogP contribution in [0, 0.1) is 0 Å². The highest BCUT2D eigenvalue weighted by atomic mass is 16.5. The van der Waals surface area contributed by atoms with Crippen LogP contribution in [0.4, 0.5) is 5.69 Å². The van der Waals surface area contributed by atoms with Crippen molar-refractivity contribution in [3.8, 4) is 11.5 Å². The highest BCUT2D eigenvalue weighted by molar-refractivity contribution is 6.05. The van der Waals surface area contributed by atoms with Crippen LogP contribution in [0.1, 0.15) is 30.1 Å². The second-order valence-electron chi connectivity index (χ2n) is 5.85. The van der Waals surface area contributed by atoms with E-state index in [1.165, 1.54) is 0 Å². The number of nitrogens with one attached hydrogen (secondary N) is 1. The Morgan fingerprint density at radius 2 is 1.96 bits per heavy atom. The number of rotatable bonds is 7. The van der Waals surface area contributed by atoms with Crippen molar-refractivity contribution in [2.45, 2.75) is 25.9 Å². The summed E-state index contributed by atoms with van der Waals surface area (Å²) in [7, 11) is 0. The highest BCUT2D eigenvalue weighted by Crippen LogP contribution is 2.24. The number of hydrogen-bond acceptors (Lipinski definition) is 4. The highest BCUT2D eigenvalue weighted by Gasteiger charge is 2.16. The molecule has 1 aliphatic rings. The second kappa shape index (κ2) is 8.53. The Labute approximate surface area is 147 Å². The van der Waals surface area contributed by atoms with Gasteiger partial charge in [0.2, 0.25) is 0 Å². The topological polar surface area (TPSA) is 56.8 Å². The molecule has 1 fully saturated rings. The van der Waals surface area contributed by atoms with E-state index in [0.29, 0.717) is 30.2 Å². The number of anilines is 1. The molecule has 3 rings (SSSR count). The van der Waals surface area contributed by atoms with E-state index in [4.69, 9.17) is 14.2 Å². The fourth-order valence-electron chi connectivity index (χ4n) is 2.71. The van der Waals surface area contributed by atoms with Crippen LogP contribution in [0.25, 0.3) is 0 Å². The van der Waals surface area contributed by atoms with Gasteiger partial charge in [0, 0.05) is 12.2 Å². The summed E-state index contributed by atoms with van der Waals surface area (Å²) in [5, 5.41) is 2.88. The molecule has 1 N–H and O–H groups in total. The Morgan fingerprint density at radius 1 is 1.16 bits per heavy atom. The molecule has 0 aliphatic carbocycles. The van der Waals surface area contributed by atoms with E-state index in [1.807, 2.05) is 31.2 Å². The molecule has 132 valence electrons.